The van der Waals surface area contributed by atoms with Crippen LogP contribution in [0.2, 0.25) is 0 Å². The molecule has 1 atom stereocenters. The fourth-order valence-corrected chi connectivity index (χ4v) is 6.53. The predicted octanol–water partition coefficient (Wildman–Crippen LogP) is 4.40. The van der Waals surface area contributed by atoms with E-state index < -0.39 is 0 Å². The number of allylic oxidation sites excluding steroid dienone is 3. The maximum atomic E-state index is 12.9. The van der Waals surface area contributed by atoms with Gasteiger partial charge in [0.05, 0.1) is 17.6 Å². The molecule has 3 heterocycles. The summed E-state index contributed by atoms with van der Waals surface area (Å²) in [6.07, 6.45) is 2.00. The molecule has 6 nitrogen and oxygen atoms in total. The van der Waals surface area contributed by atoms with Crippen molar-refractivity contribution in [1.82, 2.24) is 10.2 Å². The molecule has 0 radical (unpaired) electrons. The molecule has 28 heavy (non-hydrogen) atoms. The van der Waals surface area contributed by atoms with Crippen molar-refractivity contribution >= 4 is 45.4 Å². The molecule has 0 spiro atoms. The molecular weight excluding hydrogens is 410 g/mol. The molecule has 0 fully saturated rings. The first-order chi connectivity index (χ1) is 13.5. The molecule has 0 bridgehead atoms. The number of hydrogen-bond donors (Lipinski definition) is 1. The normalized spacial score (nSPS) is 20.0. The molecule has 2 N–H and O–H groups in total. The molecule has 2 aromatic heterocycles. The Morgan fingerprint density at radius 1 is 1.39 bits per heavy atom. The van der Waals surface area contributed by atoms with Crippen LogP contribution in [0.25, 0.3) is 0 Å². The maximum Gasteiger partial charge on any atom is 0.219 e. The molecule has 2 aromatic rings. The molecule has 1 aliphatic heterocycles. The molecule has 2 aliphatic rings. The van der Waals surface area contributed by atoms with Gasteiger partial charge in [0.25, 0.3) is 0 Å². The van der Waals surface area contributed by atoms with Crippen molar-refractivity contribution < 1.29 is 4.79 Å². The lowest BCUT2D eigenvalue weighted by Crippen LogP contribution is -2.38. The molecule has 1 aliphatic carbocycles. The van der Waals surface area contributed by atoms with Gasteiger partial charge < -0.3 is 5.73 Å². The van der Waals surface area contributed by atoms with Crippen molar-refractivity contribution in [3.8, 4) is 6.07 Å². The van der Waals surface area contributed by atoms with Crippen molar-refractivity contribution in [2.45, 2.75) is 48.6 Å². The third kappa shape index (κ3) is 3.26. The topological polar surface area (TPSA) is 95.9 Å². The maximum absolute atomic E-state index is 12.9. The number of rotatable bonds is 4. The van der Waals surface area contributed by atoms with Crippen LogP contribution >= 0.6 is 34.4 Å². The van der Waals surface area contributed by atoms with Crippen molar-refractivity contribution in [3.05, 3.63) is 45.1 Å². The van der Waals surface area contributed by atoms with E-state index in [0.717, 1.165) is 27.8 Å². The molecular formula is C19H19N5OS3. The first kappa shape index (κ1) is 19.2. The average molecular weight is 430 g/mol. The highest BCUT2D eigenvalue weighted by Crippen LogP contribution is 2.48. The van der Waals surface area contributed by atoms with Crippen LogP contribution in [0.4, 0.5) is 5.13 Å². The largest absolute Gasteiger partial charge is 0.384 e. The van der Waals surface area contributed by atoms with E-state index in [9.17, 15) is 10.1 Å². The molecule has 9 heteroatoms. The van der Waals surface area contributed by atoms with E-state index in [1.54, 1.807) is 28.0 Å². The molecule has 1 unspecified atom stereocenters. The summed E-state index contributed by atoms with van der Waals surface area (Å²) in [4.78, 5) is 15.7. The van der Waals surface area contributed by atoms with Gasteiger partial charge in [-0.25, -0.2) is 0 Å². The average Bonchev–Trinajstić information content (AvgIpc) is 3.32. The number of thiophene rings is 1. The third-order valence-corrected chi connectivity index (χ3v) is 7.60. The van der Waals surface area contributed by atoms with Crippen LogP contribution in [-0.2, 0) is 4.79 Å². The summed E-state index contributed by atoms with van der Waals surface area (Å²) in [5.41, 5.74) is 8.46. The van der Waals surface area contributed by atoms with Crippen LogP contribution in [-0.4, -0.2) is 21.2 Å². The number of nitrogens with zero attached hydrogens (tertiary/aromatic N) is 4. The first-order valence-electron chi connectivity index (χ1n) is 9.01. The van der Waals surface area contributed by atoms with Crippen LogP contribution in [0, 0.1) is 11.3 Å². The fraction of sp³-hybridized carbons (Fsp3) is 0.368. The van der Waals surface area contributed by atoms with Crippen LogP contribution in [0.5, 0.6) is 0 Å². The van der Waals surface area contributed by atoms with Crippen molar-refractivity contribution in [2.75, 3.05) is 4.90 Å². The molecule has 0 saturated heterocycles. The van der Waals surface area contributed by atoms with Gasteiger partial charge in [0.2, 0.25) is 5.13 Å². The second-order valence-electron chi connectivity index (χ2n) is 6.85. The Kier molecular flexibility index (Phi) is 5.27. The van der Waals surface area contributed by atoms with Gasteiger partial charge in [-0.05, 0) is 24.3 Å². The first-order valence-corrected chi connectivity index (χ1v) is 11.6. The van der Waals surface area contributed by atoms with Gasteiger partial charge in [-0.2, -0.15) is 5.26 Å². The second kappa shape index (κ2) is 7.70. The quantitative estimate of drug-likeness (QED) is 0.719. The van der Waals surface area contributed by atoms with Gasteiger partial charge in [0.1, 0.15) is 5.82 Å². The Bertz CT molecular complexity index is 1010. The van der Waals surface area contributed by atoms with Crippen molar-refractivity contribution in [2.24, 2.45) is 5.73 Å². The fourth-order valence-electron chi connectivity index (χ4n) is 3.59. The van der Waals surface area contributed by atoms with E-state index in [2.05, 4.69) is 30.1 Å². The van der Waals surface area contributed by atoms with Crippen LogP contribution < -0.4 is 10.6 Å². The number of carbonyl (C=O) groups excluding carboxylic acids is 1. The highest BCUT2D eigenvalue weighted by Gasteiger charge is 2.41. The smallest absolute Gasteiger partial charge is 0.219 e. The lowest BCUT2D eigenvalue weighted by Gasteiger charge is -2.37. The number of nitrogens with two attached hydrogens (primary N) is 1. The summed E-state index contributed by atoms with van der Waals surface area (Å²) in [6.45, 7) is 4.20. The monoisotopic (exact) mass is 429 g/mol. The summed E-state index contributed by atoms with van der Waals surface area (Å²) in [5, 5.41) is 21.5. The van der Waals surface area contributed by atoms with E-state index in [-0.39, 0.29) is 11.7 Å². The van der Waals surface area contributed by atoms with E-state index in [1.165, 1.54) is 11.3 Å². The number of carbonyl (C=O) groups is 1. The third-order valence-electron chi connectivity index (χ3n) is 4.66. The zero-order valence-electron chi connectivity index (χ0n) is 15.5. The number of hydrogen-bond acceptors (Lipinski definition) is 9. The lowest BCUT2D eigenvalue weighted by atomic mass is 9.78. The van der Waals surface area contributed by atoms with Gasteiger partial charge in [0, 0.05) is 27.8 Å². The Labute approximate surface area is 175 Å². The SMILES string of the molecule is CC(C)Sc1nnc(N2C(N)=C(C#N)C(c3cccs3)C3=C2CCCC3=O)s1. The Morgan fingerprint density at radius 3 is 2.89 bits per heavy atom. The number of ketones is 1. The van der Waals surface area contributed by atoms with Crippen LogP contribution in [0.3, 0.4) is 0 Å². The number of anilines is 1. The van der Waals surface area contributed by atoms with E-state index in [4.69, 9.17) is 5.73 Å². The van der Waals surface area contributed by atoms with Gasteiger partial charge in [0.15, 0.2) is 10.1 Å². The van der Waals surface area contributed by atoms with Crippen LogP contribution in [0.1, 0.15) is 43.9 Å². The minimum atomic E-state index is -0.388. The molecule has 144 valence electrons. The summed E-state index contributed by atoms with van der Waals surface area (Å²) in [5.74, 6) is 0.0549. The Morgan fingerprint density at radius 2 is 2.21 bits per heavy atom. The summed E-state index contributed by atoms with van der Waals surface area (Å²) in [7, 11) is 0. The summed E-state index contributed by atoms with van der Waals surface area (Å²) < 4.78 is 0.848. The number of thioether (sulfide) groups is 1. The van der Waals surface area contributed by atoms with Gasteiger partial charge in [-0.3, -0.25) is 9.69 Å². The Hall–Kier alpha value is -2.15. The van der Waals surface area contributed by atoms with Gasteiger partial charge in [-0.1, -0.05) is 43.0 Å². The lowest BCUT2D eigenvalue weighted by molar-refractivity contribution is -0.116. The zero-order valence-corrected chi connectivity index (χ0v) is 18.0. The van der Waals surface area contributed by atoms with Gasteiger partial charge in [-0.15, -0.1) is 21.5 Å². The van der Waals surface area contributed by atoms with E-state index in [0.29, 0.717) is 33.8 Å². The highest BCUT2D eigenvalue weighted by molar-refractivity contribution is 8.01. The second-order valence-corrected chi connectivity index (χ2v) is 10.6. The van der Waals surface area contributed by atoms with Crippen LogP contribution in [0.15, 0.2) is 44.5 Å². The number of aromatic nitrogens is 2. The molecule has 4 rings (SSSR count). The number of Topliss-reactive ketones (excluding diaryl/α,β-unsaturated/α-hetero) is 1. The molecule has 0 amide bonds. The van der Waals surface area contributed by atoms with E-state index >= 15 is 0 Å². The molecule has 0 aromatic carbocycles. The minimum Gasteiger partial charge on any atom is -0.384 e. The van der Waals surface area contributed by atoms with Crippen molar-refractivity contribution in [3.63, 3.8) is 0 Å². The zero-order chi connectivity index (χ0) is 19.8. The highest BCUT2D eigenvalue weighted by atomic mass is 32.2. The predicted molar refractivity (Wildman–Crippen MR) is 113 cm³/mol. The summed E-state index contributed by atoms with van der Waals surface area (Å²) in [6, 6.07) is 6.17. The van der Waals surface area contributed by atoms with Crippen molar-refractivity contribution in [1.29, 1.82) is 5.26 Å². The van der Waals surface area contributed by atoms with Gasteiger partial charge >= 0.3 is 0 Å². The molecule has 0 saturated carbocycles. The number of nitriles is 1. The van der Waals surface area contributed by atoms with E-state index in [1.807, 2.05) is 17.5 Å². The minimum absolute atomic E-state index is 0.0891. The standard InChI is InChI=1S/C19H19N5OS3/c1-10(2)27-19-23-22-18(28-19)24-12-5-3-6-13(25)16(12)15(11(9-20)17(24)21)14-7-4-8-26-14/h4,7-8,10,15H,3,5-6,21H2,1-2H3. The Balaban J connectivity index is 1.87. The summed E-state index contributed by atoms with van der Waals surface area (Å²) >= 11 is 4.62.